The lowest BCUT2D eigenvalue weighted by Gasteiger charge is -2.40. The van der Waals surface area contributed by atoms with Crippen LogP contribution in [0.5, 0.6) is 0 Å². The summed E-state index contributed by atoms with van der Waals surface area (Å²) in [7, 11) is -0.472. The number of nitrogens with zero attached hydrogens (tertiary/aromatic N) is 13. The van der Waals surface area contributed by atoms with Gasteiger partial charge in [0.2, 0.25) is 34.9 Å². The minimum atomic E-state index is -0.472. The van der Waals surface area contributed by atoms with Crippen molar-refractivity contribution in [2.45, 2.75) is 131 Å². The largest absolute Gasteiger partial charge is 0.498 e. The molecule has 2 amide bonds. The molecule has 1 N–H and O–H groups in total. The standard InChI is InChI=1S/C21H35BN4O4.C15H23BrN4O2.C9H13BrN4.C4H2BrClN2/c1-15-13-25(9-10-26(15)17(27)14-28-19(2,3)4)18-23-11-16(12-24-18)22-29-20(5,6)21(7,8)30-22;1-11-9-19(14-17-7-12(16)8-18-14)5-6-20(11)13(21)10-22-15(2,3)4;1-7-6-14(3-2-11-7)9-12-4-8(10)5-13-9;5-3-1-7-4(6)8-2-3/h11-12,15H,9-10,13-14H2,1-8H3;7-8,11H,5-6,9-10H2,1-4H3;4-5,7,11H,2-3,6H2,1H3;1-2H/t15-;11-;7-;/m111./s1. The first kappa shape index (κ1) is 61.1. The van der Waals surface area contributed by atoms with Crippen LogP contribution in [0.25, 0.3) is 0 Å². The molecule has 0 bridgehead atoms. The smallest absolute Gasteiger partial charge is 0.399 e. The molecule has 0 spiro atoms. The molecule has 20 nitrogen and oxygen atoms in total. The van der Waals surface area contributed by atoms with Gasteiger partial charge in [-0.25, -0.2) is 39.9 Å². The van der Waals surface area contributed by atoms with Crippen molar-refractivity contribution in [3.8, 4) is 0 Å². The molecule has 0 unspecified atom stereocenters. The van der Waals surface area contributed by atoms with Crippen LogP contribution in [0.2, 0.25) is 5.28 Å². The van der Waals surface area contributed by atoms with Crippen molar-refractivity contribution in [2.24, 2.45) is 0 Å². The van der Waals surface area contributed by atoms with Crippen LogP contribution in [-0.2, 0) is 28.4 Å². The second-order valence-electron chi connectivity index (χ2n) is 21.3. The van der Waals surface area contributed by atoms with Gasteiger partial charge in [0.25, 0.3) is 0 Å². The Balaban J connectivity index is 0.000000200. The first-order valence-electron chi connectivity index (χ1n) is 24.7. The molecule has 0 radical (unpaired) electrons. The van der Waals surface area contributed by atoms with Crippen LogP contribution < -0.4 is 25.5 Å². The van der Waals surface area contributed by atoms with Gasteiger partial charge in [-0.2, -0.15) is 0 Å². The second kappa shape index (κ2) is 27.0. The molecule has 0 aromatic carbocycles. The maximum atomic E-state index is 12.5. The Bertz CT molecular complexity index is 2350. The van der Waals surface area contributed by atoms with Crippen LogP contribution in [0.4, 0.5) is 17.8 Å². The molecule has 8 rings (SSSR count). The summed E-state index contributed by atoms with van der Waals surface area (Å²) in [5.74, 6) is 2.24. The summed E-state index contributed by atoms with van der Waals surface area (Å²) in [5, 5.41) is 3.66. The summed E-state index contributed by atoms with van der Waals surface area (Å²) in [6.07, 6.45) is 13.8. The first-order chi connectivity index (χ1) is 34.6. The van der Waals surface area contributed by atoms with Gasteiger partial charge >= 0.3 is 7.12 Å². The number of anilines is 3. The van der Waals surface area contributed by atoms with Crippen LogP contribution in [0, 0.1) is 0 Å². The third kappa shape index (κ3) is 19.1. The van der Waals surface area contributed by atoms with Crippen molar-refractivity contribution >= 4 is 102 Å². The summed E-state index contributed by atoms with van der Waals surface area (Å²) in [5.41, 5.74) is -0.616. The van der Waals surface area contributed by atoms with E-state index in [1.807, 2.05) is 92.9 Å². The third-order valence-corrected chi connectivity index (χ3v) is 13.8. The minimum absolute atomic E-state index is 0.0223. The van der Waals surface area contributed by atoms with Gasteiger partial charge in [-0.05, 0) is 149 Å². The van der Waals surface area contributed by atoms with Gasteiger partial charge in [-0.3, -0.25) is 9.59 Å². The lowest BCUT2D eigenvalue weighted by atomic mass is 9.81. The molecule has 0 saturated carbocycles. The maximum Gasteiger partial charge on any atom is 0.498 e. The highest BCUT2D eigenvalue weighted by Crippen LogP contribution is 2.36. The van der Waals surface area contributed by atoms with Crippen LogP contribution in [0.3, 0.4) is 0 Å². The van der Waals surface area contributed by atoms with Crippen LogP contribution in [0.15, 0.2) is 63.0 Å². The zero-order chi connectivity index (χ0) is 54.6. The third-order valence-electron chi connectivity index (χ3n) is 12.4. The van der Waals surface area contributed by atoms with E-state index in [0.29, 0.717) is 44.1 Å². The molecule has 8 heterocycles. The number of halogens is 4. The van der Waals surface area contributed by atoms with Crippen molar-refractivity contribution < 1.29 is 28.4 Å². The molecule has 4 aromatic heterocycles. The average Bonchev–Trinajstić information content (AvgIpc) is 3.56. The zero-order valence-electron chi connectivity index (χ0n) is 45.0. The van der Waals surface area contributed by atoms with Gasteiger partial charge in [0.05, 0.1) is 35.8 Å². The van der Waals surface area contributed by atoms with Gasteiger partial charge in [-0.15, -0.1) is 0 Å². The summed E-state index contributed by atoms with van der Waals surface area (Å²) in [6.45, 7) is 33.3. The number of piperazine rings is 3. The summed E-state index contributed by atoms with van der Waals surface area (Å²) >= 11 is 15.2. The van der Waals surface area contributed by atoms with Gasteiger partial charge in [0.1, 0.15) is 13.2 Å². The van der Waals surface area contributed by atoms with E-state index in [0.717, 1.165) is 57.6 Å². The highest BCUT2D eigenvalue weighted by Gasteiger charge is 2.52. The van der Waals surface area contributed by atoms with E-state index in [1.54, 1.807) is 49.6 Å². The van der Waals surface area contributed by atoms with E-state index < -0.39 is 18.3 Å². The number of aromatic nitrogens is 8. The normalized spacial score (nSPS) is 20.6. The van der Waals surface area contributed by atoms with Gasteiger partial charge in [-0.1, -0.05) is 0 Å². The van der Waals surface area contributed by atoms with Crippen molar-refractivity contribution in [3.05, 3.63) is 68.3 Å². The first-order valence-corrected chi connectivity index (χ1v) is 27.5. The summed E-state index contributed by atoms with van der Waals surface area (Å²) < 4.78 is 26.0. The molecule has 0 aliphatic carbocycles. The van der Waals surface area contributed by atoms with Gasteiger partial charge < -0.3 is 48.6 Å². The maximum absolute atomic E-state index is 12.5. The van der Waals surface area contributed by atoms with E-state index >= 15 is 0 Å². The topological polar surface area (TPSA) is 202 Å². The molecule has 74 heavy (non-hydrogen) atoms. The van der Waals surface area contributed by atoms with Crippen LogP contribution >= 0.6 is 59.4 Å². The molecular weight excluding hydrogens is 1170 g/mol. The molecule has 25 heteroatoms. The lowest BCUT2D eigenvalue weighted by Crippen LogP contribution is -2.55. The Labute approximate surface area is 467 Å². The molecule has 3 atom stereocenters. The predicted octanol–water partition coefficient (Wildman–Crippen LogP) is 6.65. The Kier molecular flexibility index (Phi) is 22.3. The van der Waals surface area contributed by atoms with Gasteiger partial charge in [0.15, 0.2) is 0 Å². The fourth-order valence-corrected chi connectivity index (χ4v) is 8.40. The molecule has 4 aliphatic heterocycles. The number of nitrogens with one attached hydrogen (secondary N) is 1. The average molecular weight is 1240 g/mol. The van der Waals surface area contributed by atoms with Crippen molar-refractivity contribution in [3.63, 3.8) is 0 Å². The Morgan fingerprint density at radius 3 is 1.30 bits per heavy atom. The number of hydrogen-bond donors (Lipinski definition) is 1. The summed E-state index contributed by atoms with van der Waals surface area (Å²) in [4.78, 5) is 68.6. The molecule has 4 saturated heterocycles. The Hall–Kier alpha value is -3.75. The molecule has 4 aliphatic rings. The number of carbonyl (C=O) groups is 2. The number of hydrogen-bond acceptors (Lipinski definition) is 18. The molecule has 4 fully saturated rings. The van der Waals surface area contributed by atoms with Gasteiger partial charge in [0, 0.05) is 132 Å². The molecular formula is C49H73BBr3ClN14O6. The van der Waals surface area contributed by atoms with Crippen molar-refractivity contribution in [1.82, 2.24) is 55.0 Å². The van der Waals surface area contributed by atoms with E-state index in [-0.39, 0.29) is 53.6 Å². The quantitative estimate of drug-likeness (QED) is 0.145. The van der Waals surface area contributed by atoms with Crippen LogP contribution in [0.1, 0.15) is 90.0 Å². The Morgan fingerprint density at radius 1 is 0.608 bits per heavy atom. The van der Waals surface area contributed by atoms with E-state index in [2.05, 4.69) is 115 Å². The van der Waals surface area contributed by atoms with E-state index in [9.17, 15) is 9.59 Å². The van der Waals surface area contributed by atoms with Crippen LogP contribution in [-0.4, -0.2) is 181 Å². The highest BCUT2D eigenvalue weighted by atomic mass is 79.9. The second-order valence-corrected chi connectivity index (χ2v) is 24.4. The van der Waals surface area contributed by atoms with E-state index in [1.165, 1.54) is 0 Å². The fraction of sp³-hybridized carbons (Fsp3) is 0.633. The fourth-order valence-electron chi connectivity index (χ4n) is 7.69. The summed E-state index contributed by atoms with van der Waals surface area (Å²) in [6, 6.07) is 0.675. The Morgan fingerprint density at radius 2 is 0.959 bits per heavy atom. The number of carbonyl (C=O) groups excluding carboxylic acids is 2. The number of ether oxygens (including phenoxy) is 2. The SMILES string of the molecule is C[C@@H]1CN(c2ncc(B3OC(C)(C)C(C)(C)O3)cn2)CCN1C(=O)COC(C)(C)C.C[C@@H]1CN(c2ncc(Br)cn2)CCN1.C[C@@H]1CN(c2ncc(Br)cn2)CCN1C(=O)COC(C)(C)C.Clc1ncc(Br)cn1. The molecule has 406 valence electrons. The minimum Gasteiger partial charge on any atom is -0.399 e. The number of rotatable bonds is 8. The lowest BCUT2D eigenvalue weighted by molar-refractivity contribution is -0.144. The van der Waals surface area contributed by atoms with E-state index in [4.69, 9.17) is 30.4 Å². The zero-order valence-corrected chi connectivity index (χ0v) is 50.5. The highest BCUT2D eigenvalue weighted by molar-refractivity contribution is 9.11. The molecule has 4 aromatic rings. The predicted molar refractivity (Wildman–Crippen MR) is 300 cm³/mol. The monoisotopic (exact) mass is 1240 g/mol. The van der Waals surface area contributed by atoms with Crippen molar-refractivity contribution in [1.29, 1.82) is 0 Å². The van der Waals surface area contributed by atoms with Crippen molar-refractivity contribution in [2.75, 3.05) is 86.8 Å². The number of amides is 2.